The third-order valence-corrected chi connectivity index (χ3v) is 7.18. The molecule has 1 aliphatic rings. The molecule has 1 N–H and O–H groups in total. The summed E-state index contributed by atoms with van der Waals surface area (Å²) in [5.74, 6) is 1.90. The summed E-state index contributed by atoms with van der Waals surface area (Å²) in [6, 6.07) is 14.8. The topological polar surface area (TPSA) is 78.3 Å². The number of ether oxygens (including phenoxy) is 2. The first-order valence-corrected chi connectivity index (χ1v) is 14.1. The highest BCUT2D eigenvalue weighted by molar-refractivity contribution is 7.99. The Morgan fingerprint density at radius 1 is 1.14 bits per heavy atom. The standard InChI is InChI=1S/C28H33ClN4O3S/c1-4-6-15-35-26(34)24-19(3)30-27-31-28(37-16-7-5-2)32-33(27)25(24)21-9-8-10-23(17-21)36-18-20-11-13-22(29)14-12-20/h8-14,17,25H,4-7,15-16,18H2,1-3H3,(H,30,31,32). The van der Waals surface area contributed by atoms with E-state index in [-0.39, 0.29) is 5.97 Å². The number of aromatic nitrogens is 3. The molecule has 1 atom stereocenters. The molecule has 0 bridgehead atoms. The molecule has 0 radical (unpaired) electrons. The number of carbonyl (C=O) groups is 1. The highest BCUT2D eigenvalue weighted by Crippen LogP contribution is 2.38. The number of unbranched alkanes of at least 4 members (excludes halogenated alkanes) is 2. The van der Waals surface area contributed by atoms with E-state index in [0.717, 1.165) is 42.6 Å². The number of thioether (sulfide) groups is 1. The number of fused-ring (bicyclic) bond motifs is 1. The van der Waals surface area contributed by atoms with Crippen LogP contribution in [0.1, 0.15) is 63.6 Å². The van der Waals surface area contributed by atoms with E-state index in [1.54, 1.807) is 16.4 Å². The molecule has 7 nitrogen and oxygen atoms in total. The van der Waals surface area contributed by atoms with E-state index in [0.29, 0.717) is 46.4 Å². The second-order valence-electron chi connectivity index (χ2n) is 8.91. The van der Waals surface area contributed by atoms with Crippen LogP contribution in [0.4, 0.5) is 5.95 Å². The van der Waals surface area contributed by atoms with E-state index in [9.17, 15) is 4.79 Å². The second-order valence-corrected chi connectivity index (χ2v) is 10.4. The van der Waals surface area contributed by atoms with Crippen LogP contribution >= 0.6 is 23.4 Å². The van der Waals surface area contributed by atoms with Gasteiger partial charge in [0.15, 0.2) is 0 Å². The number of nitrogens with one attached hydrogen (secondary N) is 1. The third kappa shape index (κ3) is 6.87. The number of nitrogens with zero attached hydrogens (tertiary/aromatic N) is 3. The van der Waals surface area contributed by atoms with Crippen molar-refractivity contribution in [1.82, 2.24) is 14.8 Å². The van der Waals surface area contributed by atoms with Gasteiger partial charge in [-0.1, -0.05) is 74.3 Å². The Labute approximate surface area is 227 Å². The average molecular weight is 541 g/mol. The monoisotopic (exact) mass is 540 g/mol. The lowest BCUT2D eigenvalue weighted by Crippen LogP contribution is -2.29. The first kappa shape index (κ1) is 27.1. The third-order valence-electron chi connectivity index (χ3n) is 6.01. The normalized spacial score (nSPS) is 14.8. The first-order valence-electron chi connectivity index (χ1n) is 12.7. The average Bonchev–Trinajstić information content (AvgIpc) is 3.30. The van der Waals surface area contributed by atoms with E-state index in [4.69, 9.17) is 31.2 Å². The molecule has 1 aliphatic heterocycles. The molecule has 1 unspecified atom stereocenters. The maximum atomic E-state index is 13.3. The van der Waals surface area contributed by atoms with Gasteiger partial charge in [-0.2, -0.15) is 4.98 Å². The molecule has 0 spiro atoms. The predicted octanol–water partition coefficient (Wildman–Crippen LogP) is 7.03. The number of rotatable bonds is 12. The molecule has 0 amide bonds. The molecule has 2 heterocycles. The van der Waals surface area contributed by atoms with Gasteiger partial charge >= 0.3 is 5.97 Å². The number of hydrogen-bond acceptors (Lipinski definition) is 7. The fourth-order valence-corrected chi connectivity index (χ4v) is 5.02. The van der Waals surface area contributed by atoms with Gasteiger partial charge in [-0.15, -0.1) is 5.10 Å². The lowest BCUT2D eigenvalue weighted by molar-refractivity contribution is -0.139. The van der Waals surface area contributed by atoms with E-state index < -0.39 is 6.04 Å². The van der Waals surface area contributed by atoms with E-state index >= 15 is 0 Å². The lowest BCUT2D eigenvalue weighted by atomic mass is 9.95. The van der Waals surface area contributed by atoms with Gasteiger partial charge in [0.05, 0.1) is 12.2 Å². The molecule has 0 saturated heterocycles. The first-order chi connectivity index (χ1) is 18.0. The van der Waals surface area contributed by atoms with Crippen molar-refractivity contribution in [3.05, 3.63) is 76.0 Å². The van der Waals surface area contributed by atoms with Crippen molar-refractivity contribution in [3.8, 4) is 5.75 Å². The molecule has 37 heavy (non-hydrogen) atoms. The van der Waals surface area contributed by atoms with Gasteiger partial charge in [-0.3, -0.25) is 0 Å². The van der Waals surface area contributed by atoms with Gasteiger partial charge in [0.2, 0.25) is 11.1 Å². The fraction of sp³-hybridized carbons (Fsp3) is 0.393. The number of benzene rings is 2. The van der Waals surface area contributed by atoms with Crippen LogP contribution in [0.3, 0.4) is 0 Å². The molecule has 3 aromatic rings. The number of esters is 1. The highest BCUT2D eigenvalue weighted by Gasteiger charge is 2.35. The number of hydrogen-bond donors (Lipinski definition) is 1. The summed E-state index contributed by atoms with van der Waals surface area (Å²) in [5.41, 5.74) is 3.12. The Balaban J connectivity index is 1.64. The summed E-state index contributed by atoms with van der Waals surface area (Å²) in [6.07, 6.45) is 3.96. The minimum absolute atomic E-state index is 0.350. The summed E-state index contributed by atoms with van der Waals surface area (Å²) in [4.78, 5) is 18.0. The SMILES string of the molecule is CCCCOC(=O)C1=C(C)Nc2nc(SCCCC)nn2C1c1cccc(OCc2ccc(Cl)cc2)c1. The highest BCUT2D eigenvalue weighted by atomic mass is 35.5. The molecule has 0 saturated carbocycles. The van der Waals surface area contributed by atoms with Crippen molar-refractivity contribution in [1.29, 1.82) is 0 Å². The van der Waals surface area contributed by atoms with E-state index in [1.165, 1.54) is 0 Å². The van der Waals surface area contributed by atoms with Crippen LogP contribution in [0.15, 0.2) is 65.0 Å². The summed E-state index contributed by atoms with van der Waals surface area (Å²) in [6.45, 7) is 6.89. The molecule has 2 aromatic carbocycles. The Morgan fingerprint density at radius 3 is 2.68 bits per heavy atom. The zero-order valence-corrected chi connectivity index (χ0v) is 23.1. The smallest absolute Gasteiger partial charge is 0.338 e. The quantitative estimate of drug-likeness (QED) is 0.150. The second kappa shape index (κ2) is 13.0. The zero-order chi connectivity index (χ0) is 26.2. The van der Waals surface area contributed by atoms with Gasteiger partial charge in [0.25, 0.3) is 0 Å². The summed E-state index contributed by atoms with van der Waals surface area (Å²) < 4.78 is 13.5. The van der Waals surface area contributed by atoms with Gasteiger partial charge in [-0.25, -0.2) is 9.48 Å². The molecule has 1 aromatic heterocycles. The van der Waals surface area contributed by atoms with Crippen molar-refractivity contribution >= 4 is 35.3 Å². The molecule has 0 fully saturated rings. The number of allylic oxidation sites excluding steroid dienone is 1. The lowest BCUT2D eigenvalue weighted by Gasteiger charge is -2.28. The van der Waals surface area contributed by atoms with E-state index in [2.05, 4.69) is 19.2 Å². The molecule has 196 valence electrons. The van der Waals surface area contributed by atoms with Gasteiger partial charge in [0.1, 0.15) is 18.4 Å². The molecule has 4 rings (SSSR count). The number of halogens is 1. The predicted molar refractivity (Wildman–Crippen MR) is 148 cm³/mol. The van der Waals surface area contributed by atoms with Crippen LogP contribution in [0, 0.1) is 0 Å². The minimum Gasteiger partial charge on any atom is -0.489 e. The largest absolute Gasteiger partial charge is 0.489 e. The number of anilines is 1. The van der Waals surface area contributed by atoms with Crippen LogP contribution in [0.2, 0.25) is 5.02 Å². The van der Waals surface area contributed by atoms with Crippen molar-refractivity contribution < 1.29 is 14.3 Å². The fourth-order valence-electron chi connectivity index (χ4n) is 3.98. The van der Waals surface area contributed by atoms with Crippen LogP contribution in [-0.2, 0) is 16.1 Å². The Bertz CT molecular complexity index is 1240. The summed E-state index contributed by atoms with van der Waals surface area (Å²) >= 11 is 7.62. The molecular formula is C28H33ClN4O3S. The van der Waals surface area contributed by atoms with Crippen LogP contribution in [0.5, 0.6) is 5.75 Å². The zero-order valence-electron chi connectivity index (χ0n) is 21.5. The Morgan fingerprint density at radius 2 is 1.92 bits per heavy atom. The summed E-state index contributed by atoms with van der Waals surface area (Å²) in [7, 11) is 0. The molecule has 0 aliphatic carbocycles. The Kier molecular flexibility index (Phi) is 9.52. The van der Waals surface area contributed by atoms with Gasteiger partial charge < -0.3 is 14.8 Å². The van der Waals surface area contributed by atoms with Gasteiger partial charge in [0, 0.05) is 16.5 Å². The summed E-state index contributed by atoms with van der Waals surface area (Å²) in [5, 5.41) is 9.43. The van der Waals surface area contributed by atoms with Gasteiger partial charge in [-0.05, 0) is 55.2 Å². The van der Waals surface area contributed by atoms with Crippen molar-refractivity contribution in [3.63, 3.8) is 0 Å². The van der Waals surface area contributed by atoms with Crippen LogP contribution in [0.25, 0.3) is 0 Å². The van der Waals surface area contributed by atoms with Crippen LogP contribution < -0.4 is 10.1 Å². The number of carbonyl (C=O) groups excluding carboxylic acids is 1. The maximum absolute atomic E-state index is 13.3. The molecule has 9 heteroatoms. The van der Waals surface area contributed by atoms with E-state index in [1.807, 2.05) is 55.5 Å². The maximum Gasteiger partial charge on any atom is 0.338 e. The Hall–Kier alpha value is -2.97. The minimum atomic E-state index is -0.488. The van der Waals surface area contributed by atoms with Crippen molar-refractivity contribution in [2.45, 2.75) is 64.3 Å². The van der Waals surface area contributed by atoms with Crippen LogP contribution in [-0.4, -0.2) is 33.1 Å². The van der Waals surface area contributed by atoms with Crippen molar-refractivity contribution in [2.75, 3.05) is 17.7 Å². The molecular weight excluding hydrogens is 508 g/mol. The van der Waals surface area contributed by atoms with Crippen molar-refractivity contribution in [2.24, 2.45) is 0 Å².